The first-order valence-corrected chi connectivity index (χ1v) is 10.1. The Hall–Kier alpha value is -3.91. The quantitative estimate of drug-likeness (QED) is 0.436. The number of carboxylic acids is 1. The van der Waals surface area contributed by atoms with Gasteiger partial charge in [-0.05, 0) is 30.2 Å². The van der Waals surface area contributed by atoms with E-state index in [0.717, 1.165) is 12.1 Å². The van der Waals surface area contributed by atoms with Crippen molar-refractivity contribution in [3.8, 4) is 17.1 Å². The Labute approximate surface area is 193 Å². The van der Waals surface area contributed by atoms with Crippen LogP contribution in [-0.4, -0.2) is 33.3 Å². The lowest BCUT2D eigenvalue weighted by atomic mass is 10.0. The lowest BCUT2D eigenvalue weighted by Crippen LogP contribution is -2.32. The first-order chi connectivity index (χ1) is 16.0. The highest BCUT2D eigenvalue weighted by atomic mass is 19.4. The van der Waals surface area contributed by atoms with E-state index in [4.69, 9.17) is 21.3 Å². The van der Waals surface area contributed by atoms with Gasteiger partial charge in [-0.2, -0.15) is 22.5 Å². The van der Waals surface area contributed by atoms with Crippen molar-refractivity contribution in [2.75, 3.05) is 5.73 Å². The molecule has 1 unspecified atom stereocenters. The Bertz CT molecular complexity index is 1090. The molecule has 3 aromatic rings. The second kappa shape index (κ2) is 11.3. The Morgan fingerprint density at radius 3 is 2.29 bits per heavy atom. The molecule has 0 radical (unpaired) electrons. The highest BCUT2D eigenvalue weighted by molar-refractivity contribution is 5.73. The molecule has 1 aromatic heterocycles. The molecule has 0 aliphatic carbocycles. The van der Waals surface area contributed by atoms with E-state index in [-0.39, 0.29) is 18.1 Å². The number of hydrogen-bond donors (Lipinski definition) is 3. The van der Waals surface area contributed by atoms with Gasteiger partial charge < -0.3 is 21.3 Å². The third-order valence-electron chi connectivity index (χ3n) is 4.30. The number of nitrogens with zero attached hydrogens (tertiary/aromatic N) is 2. The molecule has 180 valence electrons. The first kappa shape index (κ1) is 26.3. The molecule has 1 heterocycles. The standard InChI is InChI=1S/C21H16F4N4O3.C2H6/c22-14-7-5-13(6-8-14)18(21(23,24)25)32-17-10-16(28-20(27)29-17)12-3-1-11(2-4-12)9-15(26)19(30)31;1-2/h1-5,7,10,15,18H,9,26H2,(H,30,31)(H2,27,28,29);1-2H3/t15-,18?;/m0./s1. The normalized spacial score (nSPS) is 12.6. The van der Waals surface area contributed by atoms with Crippen molar-refractivity contribution in [1.29, 1.82) is 0 Å². The van der Waals surface area contributed by atoms with Crippen LogP contribution in [0.3, 0.4) is 0 Å². The predicted molar refractivity (Wildman–Crippen MR) is 116 cm³/mol. The summed E-state index contributed by atoms with van der Waals surface area (Å²) < 4.78 is 58.7. The van der Waals surface area contributed by atoms with Gasteiger partial charge in [0.2, 0.25) is 17.9 Å². The van der Waals surface area contributed by atoms with Gasteiger partial charge >= 0.3 is 12.1 Å². The fourth-order valence-corrected chi connectivity index (χ4v) is 2.76. The SMILES string of the molecule is CC.Nc1nc(OC(c2c#cc(F)cc2)C(F)(F)F)cc(-c2ccc(C[C@H](N)C(=O)O)cc2)n1. The lowest BCUT2D eigenvalue weighted by Gasteiger charge is -2.20. The summed E-state index contributed by atoms with van der Waals surface area (Å²) >= 11 is 0. The smallest absolute Gasteiger partial charge is 0.430 e. The first-order valence-electron chi connectivity index (χ1n) is 10.1. The number of benzene rings is 1. The molecule has 0 fully saturated rings. The molecule has 0 amide bonds. The zero-order chi connectivity index (χ0) is 25.5. The van der Waals surface area contributed by atoms with E-state index >= 15 is 0 Å². The molecule has 0 bridgehead atoms. The van der Waals surface area contributed by atoms with Gasteiger partial charge in [0.1, 0.15) is 6.04 Å². The van der Waals surface area contributed by atoms with Gasteiger partial charge in [0.15, 0.2) is 5.82 Å². The largest absolute Gasteiger partial charge is 0.480 e. The molecule has 34 heavy (non-hydrogen) atoms. The second-order valence-electron chi connectivity index (χ2n) is 6.72. The van der Waals surface area contributed by atoms with Gasteiger partial charge in [-0.1, -0.05) is 44.2 Å². The van der Waals surface area contributed by atoms with Crippen molar-refractivity contribution in [1.82, 2.24) is 9.97 Å². The maximum absolute atomic E-state index is 13.5. The van der Waals surface area contributed by atoms with Crippen LogP contribution in [0.5, 0.6) is 5.88 Å². The topological polar surface area (TPSA) is 124 Å². The summed E-state index contributed by atoms with van der Waals surface area (Å²) in [5.41, 5.74) is 11.9. The molecule has 3 rings (SSSR count). The highest BCUT2D eigenvalue weighted by Crippen LogP contribution is 2.36. The second-order valence-corrected chi connectivity index (χ2v) is 6.72. The van der Waals surface area contributed by atoms with Crippen molar-refractivity contribution < 1.29 is 32.2 Å². The van der Waals surface area contributed by atoms with Crippen LogP contribution in [0.15, 0.2) is 42.5 Å². The number of ether oxygens (including phenoxy) is 1. The fraction of sp³-hybridized carbons (Fsp3) is 0.261. The molecule has 7 nitrogen and oxygen atoms in total. The number of aliphatic carboxylic acids is 1. The molecule has 0 saturated heterocycles. The Balaban J connectivity index is 0.00000199. The predicted octanol–water partition coefficient (Wildman–Crippen LogP) is 4.13. The zero-order valence-corrected chi connectivity index (χ0v) is 18.2. The molecular formula is C23H22F4N4O3. The van der Waals surface area contributed by atoms with Gasteiger partial charge in [-0.25, -0.2) is 4.98 Å². The summed E-state index contributed by atoms with van der Waals surface area (Å²) in [4.78, 5) is 18.6. The number of nitrogens with two attached hydrogens (primary N) is 2. The van der Waals surface area contributed by atoms with E-state index in [2.05, 4.69) is 16.0 Å². The highest BCUT2D eigenvalue weighted by Gasteiger charge is 2.44. The summed E-state index contributed by atoms with van der Waals surface area (Å²) in [7, 11) is 0. The molecule has 0 spiro atoms. The van der Waals surface area contributed by atoms with Crippen LogP contribution in [0.25, 0.3) is 11.3 Å². The van der Waals surface area contributed by atoms with Crippen LogP contribution >= 0.6 is 0 Å². The number of carboxylic acid groups (broad SMARTS) is 1. The van der Waals surface area contributed by atoms with E-state index in [9.17, 15) is 22.4 Å². The molecule has 2 aromatic carbocycles. The number of aromatic nitrogens is 2. The monoisotopic (exact) mass is 478 g/mol. The van der Waals surface area contributed by atoms with Gasteiger partial charge in [0.05, 0.1) is 11.3 Å². The average molecular weight is 478 g/mol. The Morgan fingerprint density at radius 2 is 1.76 bits per heavy atom. The molecule has 5 N–H and O–H groups in total. The summed E-state index contributed by atoms with van der Waals surface area (Å²) in [5, 5.41) is 8.89. The number of nitrogen functional groups attached to an aromatic ring is 1. The minimum absolute atomic E-state index is 0.0916. The number of alkyl halides is 3. The van der Waals surface area contributed by atoms with Gasteiger partial charge in [-0.3, -0.25) is 4.79 Å². The van der Waals surface area contributed by atoms with Gasteiger partial charge in [0.25, 0.3) is 0 Å². The fourth-order valence-electron chi connectivity index (χ4n) is 2.76. The summed E-state index contributed by atoms with van der Waals surface area (Å²) in [6.45, 7) is 4.00. The Morgan fingerprint density at radius 1 is 1.12 bits per heavy atom. The van der Waals surface area contributed by atoms with E-state index in [1.807, 2.05) is 19.9 Å². The maximum atomic E-state index is 13.5. The summed E-state index contributed by atoms with van der Waals surface area (Å²) in [6, 6.07) is 12.2. The van der Waals surface area contributed by atoms with Crippen molar-refractivity contribution in [2.24, 2.45) is 5.73 Å². The molecule has 0 aliphatic heterocycles. The van der Waals surface area contributed by atoms with Crippen LogP contribution in [0, 0.1) is 17.9 Å². The van der Waals surface area contributed by atoms with Crippen LogP contribution in [0.2, 0.25) is 0 Å². The third-order valence-corrected chi connectivity index (χ3v) is 4.30. The summed E-state index contributed by atoms with van der Waals surface area (Å²) in [6.07, 6.45) is -7.25. The van der Waals surface area contributed by atoms with Crippen LogP contribution in [0.4, 0.5) is 23.5 Å². The molecule has 2 atom stereocenters. The van der Waals surface area contributed by atoms with E-state index in [1.165, 1.54) is 6.07 Å². The van der Waals surface area contributed by atoms with Crippen molar-refractivity contribution in [3.63, 3.8) is 0 Å². The molecule has 0 aliphatic rings. The summed E-state index contributed by atoms with van der Waals surface area (Å²) in [5.74, 6) is -2.79. The van der Waals surface area contributed by atoms with Crippen molar-refractivity contribution >= 4 is 11.9 Å². The Kier molecular flexibility index (Phi) is 8.75. The number of anilines is 1. The van der Waals surface area contributed by atoms with Crippen LogP contribution in [-0.2, 0) is 11.2 Å². The molecular weight excluding hydrogens is 456 g/mol. The number of rotatable bonds is 7. The van der Waals surface area contributed by atoms with Gasteiger partial charge in [-0.15, -0.1) is 0 Å². The number of halogens is 4. The minimum atomic E-state index is -4.85. The zero-order valence-electron chi connectivity index (χ0n) is 18.2. The van der Waals surface area contributed by atoms with Crippen molar-refractivity contribution in [3.05, 3.63) is 71.5 Å². The van der Waals surface area contributed by atoms with E-state index in [1.54, 1.807) is 24.3 Å². The van der Waals surface area contributed by atoms with Crippen molar-refractivity contribution in [2.45, 2.75) is 38.6 Å². The third kappa shape index (κ3) is 7.05. The minimum Gasteiger partial charge on any atom is -0.480 e. The average Bonchev–Trinajstić information content (AvgIpc) is 2.79. The number of hydrogen-bond acceptors (Lipinski definition) is 6. The molecule has 11 heteroatoms. The van der Waals surface area contributed by atoms with Crippen LogP contribution < -0.4 is 16.2 Å². The lowest BCUT2D eigenvalue weighted by molar-refractivity contribution is -0.198. The molecule has 0 saturated carbocycles. The number of carbonyl (C=O) groups is 1. The van der Waals surface area contributed by atoms with Crippen LogP contribution in [0.1, 0.15) is 31.1 Å². The van der Waals surface area contributed by atoms with Gasteiger partial charge in [0, 0.05) is 11.6 Å². The van der Waals surface area contributed by atoms with E-state index in [0.29, 0.717) is 11.1 Å². The van der Waals surface area contributed by atoms with E-state index < -0.39 is 41.6 Å². The maximum Gasteiger partial charge on any atom is 0.430 e.